The van der Waals surface area contributed by atoms with Crippen LogP contribution in [-0.4, -0.2) is 47.1 Å². The summed E-state index contributed by atoms with van der Waals surface area (Å²) in [5.74, 6) is 0.466. The molecule has 1 aliphatic heterocycles. The lowest BCUT2D eigenvalue weighted by Gasteiger charge is -2.36. The average Bonchev–Trinajstić information content (AvgIpc) is 2.63. The van der Waals surface area contributed by atoms with Gasteiger partial charge < -0.3 is 15.1 Å². The average molecular weight is 389 g/mol. The fourth-order valence-electron chi connectivity index (χ4n) is 3.53. The summed E-state index contributed by atoms with van der Waals surface area (Å²) in [6, 6.07) is 2.69. The number of rotatable bonds is 3. The third-order valence-corrected chi connectivity index (χ3v) is 4.84. The number of aromatic nitrogens is 2. The number of amides is 2. The van der Waals surface area contributed by atoms with Gasteiger partial charge >= 0.3 is 6.03 Å². The zero-order valence-corrected chi connectivity index (χ0v) is 16.6. The van der Waals surface area contributed by atoms with E-state index in [9.17, 15) is 13.6 Å². The topological polar surface area (TPSA) is 61.4 Å². The Morgan fingerprint density at radius 3 is 2.39 bits per heavy atom. The van der Waals surface area contributed by atoms with Crippen molar-refractivity contribution in [3.63, 3.8) is 0 Å². The van der Waals surface area contributed by atoms with Crippen molar-refractivity contribution in [3.05, 3.63) is 46.9 Å². The molecule has 0 spiro atoms. The molecule has 2 heterocycles. The summed E-state index contributed by atoms with van der Waals surface area (Å²) < 4.78 is 26.8. The summed E-state index contributed by atoms with van der Waals surface area (Å²) in [4.78, 5) is 25.4. The third-order valence-electron chi connectivity index (χ3n) is 4.84. The number of hydrogen-bond acceptors (Lipinski definition) is 4. The van der Waals surface area contributed by atoms with Crippen LogP contribution in [0.15, 0.2) is 18.2 Å². The first-order chi connectivity index (χ1) is 13.3. The highest BCUT2D eigenvalue weighted by Crippen LogP contribution is 2.29. The van der Waals surface area contributed by atoms with Crippen LogP contribution in [0.1, 0.15) is 36.8 Å². The maximum Gasteiger partial charge on any atom is 0.322 e. The van der Waals surface area contributed by atoms with Crippen LogP contribution in [0, 0.1) is 25.5 Å². The maximum absolute atomic E-state index is 13.8. The van der Waals surface area contributed by atoms with E-state index in [1.54, 1.807) is 4.90 Å². The molecule has 0 radical (unpaired) electrons. The highest BCUT2D eigenvalue weighted by atomic mass is 19.1. The lowest BCUT2D eigenvalue weighted by molar-refractivity contribution is 0.208. The largest absolute Gasteiger partial charge is 0.353 e. The van der Waals surface area contributed by atoms with Gasteiger partial charge in [0.1, 0.15) is 23.3 Å². The Kier molecular flexibility index (Phi) is 5.76. The second kappa shape index (κ2) is 8.08. The molecule has 6 nitrogen and oxygen atoms in total. The molecule has 3 rings (SSSR count). The Bertz CT molecular complexity index is 879. The molecule has 1 aromatic carbocycles. The van der Waals surface area contributed by atoms with Crippen LogP contribution in [0.4, 0.5) is 25.1 Å². The number of hydrogen-bond donors (Lipinski definition) is 1. The second-order valence-corrected chi connectivity index (χ2v) is 7.28. The molecule has 2 aromatic rings. The quantitative estimate of drug-likeness (QED) is 0.866. The number of piperazine rings is 1. The molecule has 28 heavy (non-hydrogen) atoms. The number of halogens is 2. The fraction of sp³-hybridized carbons (Fsp3) is 0.450. The predicted octanol–water partition coefficient (Wildman–Crippen LogP) is 3.85. The van der Waals surface area contributed by atoms with E-state index in [-0.39, 0.29) is 5.69 Å². The van der Waals surface area contributed by atoms with Crippen LogP contribution in [-0.2, 0) is 0 Å². The smallest absolute Gasteiger partial charge is 0.322 e. The molecule has 2 amide bonds. The number of aryl methyl sites for hydroxylation is 2. The molecule has 1 aromatic heterocycles. The zero-order chi connectivity index (χ0) is 20.4. The van der Waals surface area contributed by atoms with E-state index in [1.807, 2.05) is 13.8 Å². The molecule has 0 aliphatic carbocycles. The van der Waals surface area contributed by atoms with E-state index in [0.717, 1.165) is 35.0 Å². The van der Waals surface area contributed by atoms with Gasteiger partial charge in [-0.15, -0.1) is 0 Å². The Labute approximate surface area is 163 Å². The molecule has 0 bridgehead atoms. The van der Waals surface area contributed by atoms with Gasteiger partial charge in [-0.3, -0.25) is 0 Å². The summed E-state index contributed by atoms with van der Waals surface area (Å²) in [5, 5.41) is 2.51. The number of carbonyl (C=O) groups excluding carboxylic acids is 1. The SMILES string of the molecule is Cc1nc(C)c(C(C)C)c(N2CCN(C(=O)Nc3ccc(F)cc3F)CC2)n1. The monoisotopic (exact) mass is 389 g/mol. The molecular weight excluding hydrogens is 364 g/mol. The van der Waals surface area contributed by atoms with Gasteiger partial charge in [0.15, 0.2) is 0 Å². The van der Waals surface area contributed by atoms with Gasteiger partial charge in [0, 0.05) is 43.5 Å². The van der Waals surface area contributed by atoms with Crippen molar-refractivity contribution < 1.29 is 13.6 Å². The zero-order valence-electron chi connectivity index (χ0n) is 16.6. The Balaban J connectivity index is 1.69. The normalized spacial score (nSPS) is 14.5. The highest BCUT2D eigenvalue weighted by molar-refractivity contribution is 5.89. The molecule has 0 unspecified atom stereocenters. The summed E-state index contributed by atoms with van der Waals surface area (Å²) in [6.07, 6.45) is 0. The van der Waals surface area contributed by atoms with Crippen molar-refractivity contribution in [2.75, 3.05) is 36.4 Å². The molecule has 0 atom stereocenters. The lowest BCUT2D eigenvalue weighted by atomic mass is 10.0. The van der Waals surface area contributed by atoms with Crippen LogP contribution in [0.5, 0.6) is 0 Å². The van der Waals surface area contributed by atoms with Crippen LogP contribution in [0.2, 0.25) is 0 Å². The number of benzene rings is 1. The van der Waals surface area contributed by atoms with Crippen LogP contribution >= 0.6 is 0 Å². The van der Waals surface area contributed by atoms with Crippen molar-refractivity contribution in [2.45, 2.75) is 33.6 Å². The van der Waals surface area contributed by atoms with E-state index in [2.05, 4.69) is 34.0 Å². The minimum atomic E-state index is -0.791. The Morgan fingerprint density at radius 1 is 1.11 bits per heavy atom. The van der Waals surface area contributed by atoms with Crippen molar-refractivity contribution >= 4 is 17.5 Å². The summed E-state index contributed by atoms with van der Waals surface area (Å²) in [6.45, 7) is 10.3. The first kappa shape index (κ1) is 20.0. The maximum atomic E-state index is 13.8. The van der Waals surface area contributed by atoms with Gasteiger partial charge in [0.05, 0.1) is 5.69 Å². The molecule has 1 N–H and O–H groups in total. The molecule has 8 heteroatoms. The van der Waals surface area contributed by atoms with Crippen molar-refractivity contribution in [1.82, 2.24) is 14.9 Å². The number of anilines is 2. The Hall–Kier alpha value is -2.77. The van der Waals surface area contributed by atoms with Crippen molar-refractivity contribution in [1.29, 1.82) is 0 Å². The van der Waals surface area contributed by atoms with Crippen LogP contribution in [0.25, 0.3) is 0 Å². The molecule has 0 saturated carbocycles. The molecular formula is C20H25F2N5O. The minimum absolute atomic E-state index is 0.0297. The standard InChI is InChI=1S/C20H25F2N5O/c1-12(2)18-13(3)23-14(4)24-19(18)26-7-9-27(10-8-26)20(28)25-17-6-5-15(21)11-16(17)22/h5-6,11-12H,7-10H2,1-4H3,(H,25,28). The summed E-state index contributed by atoms with van der Waals surface area (Å²) in [5.41, 5.74) is 2.07. The molecule has 1 aliphatic rings. The van der Waals surface area contributed by atoms with E-state index in [4.69, 9.17) is 0 Å². The highest BCUT2D eigenvalue weighted by Gasteiger charge is 2.26. The first-order valence-electron chi connectivity index (χ1n) is 9.37. The van der Waals surface area contributed by atoms with Gasteiger partial charge in [-0.2, -0.15) is 0 Å². The number of carbonyl (C=O) groups is 1. The lowest BCUT2D eigenvalue weighted by Crippen LogP contribution is -2.50. The van der Waals surface area contributed by atoms with Crippen LogP contribution < -0.4 is 10.2 Å². The van der Waals surface area contributed by atoms with E-state index >= 15 is 0 Å². The van der Waals surface area contributed by atoms with Gasteiger partial charge in [0.25, 0.3) is 0 Å². The van der Waals surface area contributed by atoms with E-state index in [0.29, 0.717) is 32.1 Å². The second-order valence-electron chi connectivity index (χ2n) is 7.28. The summed E-state index contributed by atoms with van der Waals surface area (Å²) in [7, 11) is 0. The minimum Gasteiger partial charge on any atom is -0.353 e. The number of nitrogens with one attached hydrogen (secondary N) is 1. The van der Waals surface area contributed by atoms with E-state index in [1.165, 1.54) is 6.07 Å². The van der Waals surface area contributed by atoms with Crippen molar-refractivity contribution in [3.8, 4) is 0 Å². The molecule has 1 saturated heterocycles. The molecule has 1 fully saturated rings. The Morgan fingerprint density at radius 2 is 1.79 bits per heavy atom. The predicted molar refractivity (Wildman–Crippen MR) is 105 cm³/mol. The van der Waals surface area contributed by atoms with E-state index < -0.39 is 17.7 Å². The van der Waals surface area contributed by atoms with Crippen molar-refractivity contribution in [2.24, 2.45) is 0 Å². The number of nitrogens with zero attached hydrogens (tertiary/aromatic N) is 4. The van der Waals surface area contributed by atoms with Gasteiger partial charge in [-0.1, -0.05) is 13.8 Å². The van der Waals surface area contributed by atoms with Gasteiger partial charge in [0.2, 0.25) is 0 Å². The summed E-state index contributed by atoms with van der Waals surface area (Å²) >= 11 is 0. The number of urea groups is 1. The fourth-order valence-corrected chi connectivity index (χ4v) is 3.53. The van der Waals surface area contributed by atoms with Gasteiger partial charge in [-0.05, 0) is 31.9 Å². The third kappa shape index (κ3) is 4.21. The van der Waals surface area contributed by atoms with Crippen LogP contribution in [0.3, 0.4) is 0 Å². The van der Waals surface area contributed by atoms with Gasteiger partial charge in [-0.25, -0.2) is 23.5 Å². The first-order valence-corrected chi connectivity index (χ1v) is 9.37. The molecule has 150 valence electrons.